The summed E-state index contributed by atoms with van der Waals surface area (Å²) < 4.78 is 37.1. The lowest BCUT2D eigenvalue weighted by Gasteiger charge is -2.17. The molecular weight excluding hydrogens is 293 g/mol. The van der Waals surface area contributed by atoms with Crippen LogP contribution in [0.15, 0.2) is 16.9 Å². The Bertz CT molecular complexity index is 607. The van der Waals surface area contributed by atoms with Crippen molar-refractivity contribution in [1.82, 2.24) is 10.3 Å². The van der Waals surface area contributed by atoms with Crippen LogP contribution < -0.4 is 10.9 Å². The summed E-state index contributed by atoms with van der Waals surface area (Å²) in [7, 11) is 0. The number of hydrogen-bond donors (Lipinski definition) is 3. The fraction of sp³-hybridized carbons (Fsp3) is 0.417. The van der Waals surface area contributed by atoms with Crippen LogP contribution in [-0.2, 0) is 11.0 Å². The summed E-state index contributed by atoms with van der Waals surface area (Å²) >= 11 is 0. The van der Waals surface area contributed by atoms with E-state index in [4.69, 9.17) is 5.11 Å². The molecule has 0 radical (unpaired) electrons. The Morgan fingerprint density at radius 3 is 2.24 bits per heavy atom. The fourth-order valence-electron chi connectivity index (χ4n) is 1.55. The predicted octanol–water partition coefficient (Wildman–Crippen LogP) is 1.23. The van der Waals surface area contributed by atoms with Crippen molar-refractivity contribution in [2.75, 3.05) is 0 Å². The Morgan fingerprint density at radius 1 is 1.29 bits per heavy atom. The highest BCUT2D eigenvalue weighted by Crippen LogP contribution is 2.26. The van der Waals surface area contributed by atoms with Gasteiger partial charge in [-0.3, -0.25) is 9.59 Å². The third-order valence-corrected chi connectivity index (χ3v) is 2.68. The molecule has 3 N–H and O–H groups in total. The lowest BCUT2D eigenvalue weighted by atomic mass is 10.0. The maximum atomic E-state index is 12.4. The number of aromatic amines is 1. The average Bonchev–Trinajstić information content (AvgIpc) is 2.33. The quantitative estimate of drug-likeness (QED) is 0.779. The molecule has 1 amide bonds. The number of carbonyl (C=O) groups is 2. The lowest BCUT2D eigenvalue weighted by Crippen LogP contribution is -2.45. The minimum Gasteiger partial charge on any atom is -0.480 e. The molecule has 6 nitrogen and oxygen atoms in total. The second-order valence-corrected chi connectivity index (χ2v) is 4.65. The van der Waals surface area contributed by atoms with Crippen LogP contribution in [0.25, 0.3) is 0 Å². The molecule has 0 aliphatic rings. The summed E-state index contributed by atoms with van der Waals surface area (Å²) in [5.41, 5.74) is -3.12. The maximum absolute atomic E-state index is 12.4. The Hall–Kier alpha value is -2.32. The molecule has 21 heavy (non-hydrogen) atoms. The molecule has 0 aromatic carbocycles. The Kier molecular flexibility index (Phi) is 4.77. The first-order valence-electron chi connectivity index (χ1n) is 5.88. The van der Waals surface area contributed by atoms with Crippen LogP contribution in [0.2, 0.25) is 0 Å². The summed E-state index contributed by atoms with van der Waals surface area (Å²) in [5.74, 6) is -2.81. The van der Waals surface area contributed by atoms with Crippen molar-refractivity contribution in [2.45, 2.75) is 26.1 Å². The topological polar surface area (TPSA) is 99.3 Å². The minimum atomic E-state index is -4.74. The minimum absolute atomic E-state index is 0.458. The van der Waals surface area contributed by atoms with Crippen molar-refractivity contribution < 1.29 is 27.9 Å². The molecule has 0 bridgehead atoms. The number of aliphatic carboxylic acids is 1. The lowest BCUT2D eigenvalue weighted by molar-refractivity contribution is -0.141. The van der Waals surface area contributed by atoms with Crippen LogP contribution >= 0.6 is 0 Å². The third-order valence-electron chi connectivity index (χ3n) is 2.68. The summed E-state index contributed by atoms with van der Waals surface area (Å²) in [4.78, 5) is 35.7. The molecular formula is C12H13F3N2O4. The molecule has 0 spiro atoms. The first-order valence-corrected chi connectivity index (χ1v) is 5.88. The van der Waals surface area contributed by atoms with E-state index in [0.29, 0.717) is 12.1 Å². The van der Waals surface area contributed by atoms with Crippen molar-refractivity contribution in [3.63, 3.8) is 0 Å². The zero-order chi connectivity index (χ0) is 16.4. The fourth-order valence-corrected chi connectivity index (χ4v) is 1.55. The normalized spacial score (nSPS) is 13.0. The van der Waals surface area contributed by atoms with Gasteiger partial charge in [-0.1, -0.05) is 13.8 Å². The SMILES string of the molecule is CC(C)C(NC(=O)c1ccc(C(F)(F)F)[nH]c1=O)C(=O)O. The van der Waals surface area contributed by atoms with Crippen LogP contribution in [0.5, 0.6) is 0 Å². The number of carboxylic acid groups (broad SMARTS) is 1. The van der Waals surface area contributed by atoms with Gasteiger partial charge in [-0.25, -0.2) is 4.79 Å². The van der Waals surface area contributed by atoms with Crippen molar-refractivity contribution in [3.8, 4) is 0 Å². The number of carboxylic acids is 1. The highest BCUT2D eigenvalue weighted by Gasteiger charge is 2.32. The van der Waals surface area contributed by atoms with Crippen LogP contribution in [0.3, 0.4) is 0 Å². The largest absolute Gasteiger partial charge is 0.480 e. The van der Waals surface area contributed by atoms with Crippen LogP contribution in [0.1, 0.15) is 29.9 Å². The molecule has 9 heteroatoms. The first kappa shape index (κ1) is 16.7. The average molecular weight is 306 g/mol. The van der Waals surface area contributed by atoms with E-state index in [1.165, 1.54) is 18.8 Å². The molecule has 0 fully saturated rings. The van der Waals surface area contributed by atoms with Crippen LogP contribution in [0.4, 0.5) is 13.2 Å². The van der Waals surface area contributed by atoms with E-state index in [9.17, 15) is 27.6 Å². The molecule has 0 saturated heterocycles. The summed E-state index contributed by atoms with van der Waals surface area (Å²) in [5, 5.41) is 11.0. The van der Waals surface area contributed by atoms with E-state index in [1.807, 2.05) is 0 Å². The van der Waals surface area contributed by atoms with Gasteiger partial charge in [0.1, 0.15) is 17.3 Å². The van der Waals surface area contributed by atoms with E-state index in [1.54, 1.807) is 0 Å². The Morgan fingerprint density at radius 2 is 1.86 bits per heavy atom. The molecule has 1 aromatic heterocycles. The first-order chi connectivity index (χ1) is 9.54. The molecule has 1 heterocycles. The molecule has 1 aromatic rings. The van der Waals surface area contributed by atoms with Gasteiger partial charge < -0.3 is 15.4 Å². The molecule has 1 unspecified atom stereocenters. The van der Waals surface area contributed by atoms with Crippen molar-refractivity contribution in [1.29, 1.82) is 0 Å². The van der Waals surface area contributed by atoms with Crippen molar-refractivity contribution >= 4 is 11.9 Å². The monoisotopic (exact) mass is 306 g/mol. The summed E-state index contributed by atoms with van der Waals surface area (Å²) in [6, 6.07) is -0.00304. The van der Waals surface area contributed by atoms with Crippen LogP contribution in [-0.4, -0.2) is 28.0 Å². The zero-order valence-corrected chi connectivity index (χ0v) is 11.1. The van der Waals surface area contributed by atoms with E-state index >= 15 is 0 Å². The number of amides is 1. The van der Waals surface area contributed by atoms with Gasteiger partial charge in [0.2, 0.25) is 0 Å². The molecule has 1 rings (SSSR count). The highest BCUT2D eigenvalue weighted by atomic mass is 19.4. The van der Waals surface area contributed by atoms with Gasteiger partial charge >= 0.3 is 12.1 Å². The summed E-state index contributed by atoms with van der Waals surface area (Å²) in [6.07, 6.45) is -4.74. The van der Waals surface area contributed by atoms with Gasteiger partial charge in [0.05, 0.1) is 0 Å². The van der Waals surface area contributed by atoms with Gasteiger partial charge in [-0.2, -0.15) is 13.2 Å². The van der Waals surface area contributed by atoms with Gasteiger partial charge in [-0.05, 0) is 18.1 Å². The van der Waals surface area contributed by atoms with Gasteiger partial charge in [0, 0.05) is 0 Å². The number of rotatable bonds is 4. The van der Waals surface area contributed by atoms with Crippen LogP contribution in [0, 0.1) is 5.92 Å². The standard InChI is InChI=1S/C12H13F3N2O4/c1-5(2)8(11(20)21)17-10(19)6-3-4-7(12(13,14)15)16-9(6)18/h3-5,8H,1-2H3,(H,16,18)(H,17,19)(H,20,21). The molecule has 1 atom stereocenters. The molecule has 0 aliphatic heterocycles. The number of hydrogen-bond acceptors (Lipinski definition) is 3. The smallest absolute Gasteiger partial charge is 0.431 e. The van der Waals surface area contributed by atoms with Gasteiger partial charge in [0.25, 0.3) is 11.5 Å². The van der Waals surface area contributed by atoms with Crippen molar-refractivity contribution in [2.24, 2.45) is 5.92 Å². The van der Waals surface area contributed by atoms with E-state index in [0.717, 1.165) is 0 Å². The summed E-state index contributed by atoms with van der Waals surface area (Å²) in [6.45, 7) is 3.08. The molecule has 116 valence electrons. The van der Waals surface area contributed by atoms with E-state index in [2.05, 4.69) is 5.32 Å². The number of halogens is 3. The second kappa shape index (κ2) is 5.98. The van der Waals surface area contributed by atoms with E-state index < -0.39 is 46.8 Å². The predicted molar refractivity (Wildman–Crippen MR) is 65.8 cm³/mol. The number of nitrogens with one attached hydrogen (secondary N) is 2. The Labute approximate surface area is 117 Å². The Balaban J connectivity index is 3.04. The number of aromatic nitrogens is 1. The number of H-pyrrole nitrogens is 1. The number of carbonyl (C=O) groups excluding carboxylic acids is 1. The third kappa shape index (κ3) is 4.07. The van der Waals surface area contributed by atoms with Gasteiger partial charge in [-0.15, -0.1) is 0 Å². The highest BCUT2D eigenvalue weighted by molar-refractivity contribution is 5.96. The van der Waals surface area contributed by atoms with E-state index in [-0.39, 0.29) is 0 Å². The van der Waals surface area contributed by atoms with Crippen molar-refractivity contribution in [3.05, 3.63) is 33.7 Å². The molecule has 0 saturated carbocycles. The number of alkyl halides is 3. The maximum Gasteiger partial charge on any atom is 0.431 e. The molecule has 0 aliphatic carbocycles. The second-order valence-electron chi connectivity index (χ2n) is 4.65. The zero-order valence-electron chi connectivity index (χ0n) is 11.1. The number of pyridine rings is 1. The van der Waals surface area contributed by atoms with Gasteiger partial charge in [0.15, 0.2) is 0 Å².